The molecular weight excluding hydrogens is 254 g/mol. The summed E-state index contributed by atoms with van der Waals surface area (Å²) >= 11 is 0. The molecule has 4 nitrogen and oxygen atoms in total. The molecule has 1 atom stereocenters. The number of hydrogen-bond donors (Lipinski definition) is 2. The lowest BCUT2D eigenvalue weighted by molar-refractivity contribution is 0.0779. The molecule has 2 aromatic rings. The Balaban J connectivity index is 1.94. The number of aliphatic hydroxyl groups is 1. The minimum absolute atomic E-state index is 0.0422. The Kier molecular flexibility index (Phi) is 3.32. The molecule has 0 aromatic heterocycles. The predicted molar refractivity (Wildman–Crippen MR) is 76.7 cm³/mol. The van der Waals surface area contributed by atoms with Crippen molar-refractivity contribution in [3.63, 3.8) is 0 Å². The zero-order chi connectivity index (χ0) is 14.1. The van der Waals surface area contributed by atoms with Gasteiger partial charge >= 0.3 is 0 Å². The minimum atomic E-state index is -0.163. The Morgan fingerprint density at radius 2 is 2.05 bits per heavy atom. The van der Waals surface area contributed by atoms with Crippen LogP contribution in [0.25, 0.3) is 10.8 Å². The maximum absolute atomic E-state index is 12.5. The molecule has 1 amide bonds. The Morgan fingerprint density at radius 3 is 2.80 bits per heavy atom. The Morgan fingerprint density at radius 1 is 1.25 bits per heavy atom. The lowest BCUT2D eigenvalue weighted by Crippen LogP contribution is -2.29. The predicted octanol–water partition coefficient (Wildman–Crippen LogP) is 2.00. The third-order valence-electron chi connectivity index (χ3n) is 3.96. The highest BCUT2D eigenvalue weighted by atomic mass is 16.3. The lowest BCUT2D eigenvalue weighted by Gasteiger charge is -2.17. The Labute approximate surface area is 117 Å². The van der Waals surface area contributed by atoms with Crippen molar-refractivity contribution in [3.8, 4) is 5.75 Å². The molecule has 1 saturated heterocycles. The van der Waals surface area contributed by atoms with E-state index in [1.54, 1.807) is 11.0 Å². The second-order valence-corrected chi connectivity index (χ2v) is 5.27. The first-order chi connectivity index (χ1) is 9.70. The molecular formula is C16H17NO3. The van der Waals surface area contributed by atoms with Crippen LogP contribution in [0.15, 0.2) is 36.4 Å². The number of fused-ring (bicyclic) bond motifs is 1. The Hall–Kier alpha value is -2.07. The fourth-order valence-corrected chi connectivity index (χ4v) is 2.76. The number of carbonyl (C=O) groups is 1. The van der Waals surface area contributed by atoms with E-state index in [1.165, 1.54) is 0 Å². The van der Waals surface area contributed by atoms with E-state index in [0.717, 1.165) is 11.8 Å². The van der Waals surface area contributed by atoms with Crippen LogP contribution in [0.1, 0.15) is 16.8 Å². The third kappa shape index (κ3) is 2.12. The molecule has 2 N–H and O–H groups in total. The van der Waals surface area contributed by atoms with E-state index in [1.807, 2.05) is 30.3 Å². The number of aromatic hydroxyl groups is 1. The monoisotopic (exact) mass is 271 g/mol. The molecule has 0 bridgehead atoms. The summed E-state index contributed by atoms with van der Waals surface area (Å²) in [6, 6.07) is 11.0. The molecule has 1 aliphatic rings. The average Bonchev–Trinajstić information content (AvgIpc) is 2.96. The van der Waals surface area contributed by atoms with Gasteiger partial charge in [-0.1, -0.05) is 30.3 Å². The molecule has 2 aromatic carbocycles. The number of benzene rings is 2. The highest BCUT2D eigenvalue weighted by molar-refractivity contribution is 6.03. The molecule has 1 unspecified atom stereocenters. The summed E-state index contributed by atoms with van der Waals surface area (Å²) in [5, 5.41) is 21.1. The smallest absolute Gasteiger partial charge is 0.257 e. The van der Waals surface area contributed by atoms with Gasteiger partial charge in [-0.3, -0.25) is 4.79 Å². The van der Waals surface area contributed by atoms with Crippen LogP contribution in [-0.4, -0.2) is 40.7 Å². The van der Waals surface area contributed by atoms with Gasteiger partial charge in [0.1, 0.15) is 5.75 Å². The highest BCUT2D eigenvalue weighted by Gasteiger charge is 2.28. The summed E-state index contributed by atoms with van der Waals surface area (Å²) in [4.78, 5) is 14.2. The Bertz CT molecular complexity index is 653. The van der Waals surface area contributed by atoms with Crippen LogP contribution in [0, 0.1) is 5.92 Å². The quantitative estimate of drug-likeness (QED) is 0.878. The van der Waals surface area contributed by atoms with E-state index in [4.69, 9.17) is 5.11 Å². The summed E-state index contributed by atoms with van der Waals surface area (Å²) in [5.74, 6) is 0.0336. The number of nitrogens with zero attached hydrogens (tertiary/aromatic N) is 1. The normalized spacial score (nSPS) is 18.6. The molecule has 4 heteroatoms. The number of rotatable bonds is 2. The molecule has 0 spiro atoms. The number of phenolic OH excluding ortho intramolecular Hbond substituents is 1. The van der Waals surface area contributed by atoms with Crippen LogP contribution < -0.4 is 0 Å². The van der Waals surface area contributed by atoms with Gasteiger partial charge in [-0.05, 0) is 17.9 Å². The van der Waals surface area contributed by atoms with Crippen molar-refractivity contribution in [1.82, 2.24) is 4.90 Å². The van der Waals surface area contributed by atoms with Crippen LogP contribution in [0.4, 0.5) is 0 Å². The first-order valence-electron chi connectivity index (χ1n) is 6.81. The summed E-state index contributed by atoms with van der Waals surface area (Å²) in [6.45, 7) is 1.30. The molecule has 1 fully saturated rings. The van der Waals surface area contributed by atoms with E-state index >= 15 is 0 Å². The van der Waals surface area contributed by atoms with Crippen molar-refractivity contribution < 1.29 is 15.0 Å². The fourth-order valence-electron chi connectivity index (χ4n) is 2.76. The van der Waals surface area contributed by atoms with Crippen molar-refractivity contribution in [3.05, 3.63) is 42.0 Å². The van der Waals surface area contributed by atoms with E-state index in [0.29, 0.717) is 24.0 Å². The van der Waals surface area contributed by atoms with E-state index < -0.39 is 0 Å². The summed E-state index contributed by atoms with van der Waals surface area (Å²) in [7, 11) is 0. The number of amides is 1. The number of likely N-dealkylation sites (tertiary alicyclic amines) is 1. The first-order valence-corrected chi connectivity index (χ1v) is 6.81. The number of hydrogen-bond acceptors (Lipinski definition) is 3. The fraction of sp³-hybridized carbons (Fsp3) is 0.312. The van der Waals surface area contributed by atoms with Gasteiger partial charge in [0, 0.05) is 31.0 Å². The molecule has 0 aliphatic carbocycles. The van der Waals surface area contributed by atoms with E-state index in [-0.39, 0.29) is 24.2 Å². The van der Waals surface area contributed by atoms with Crippen LogP contribution in [0.3, 0.4) is 0 Å². The largest absolute Gasteiger partial charge is 0.506 e. The lowest BCUT2D eigenvalue weighted by atomic mass is 10.0. The minimum Gasteiger partial charge on any atom is -0.506 e. The second-order valence-electron chi connectivity index (χ2n) is 5.27. The molecule has 1 heterocycles. The van der Waals surface area contributed by atoms with Gasteiger partial charge in [0.2, 0.25) is 0 Å². The number of carbonyl (C=O) groups excluding carboxylic acids is 1. The maximum Gasteiger partial charge on any atom is 0.257 e. The van der Waals surface area contributed by atoms with Crippen LogP contribution in [-0.2, 0) is 0 Å². The van der Waals surface area contributed by atoms with Gasteiger partial charge in [0.05, 0.1) is 5.56 Å². The van der Waals surface area contributed by atoms with Crippen LogP contribution in [0.2, 0.25) is 0 Å². The van der Waals surface area contributed by atoms with Gasteiger partial charge in [0.25, 0.3) is 5.91 Å². The van der Waals surface area contributed by atoms with Gasteiger partial charge in [0.15, 0.2) is 0 Å². The molecule has 0 saturated carbocycles. The molecule has 1 aliphatic heterocycles. The van der Waals surface area contributed by atoms with Crippen molar-refractivity contribution >= 4 is 16.7 Å². The maximum atomic E-state index is 12.5. The summed E-state index contributed by atoms with van der Waals surface area (Å²) in [5.41, 5.74) is 0.335. The van der Waals surface area contributed by atoms with Gasteiger partial charge in [-0.25, -0.2) is 0 Å². The van der Waals surface area contributed by atoms with Gasteiger partial charge in [-0.15, -0.1) is 0 Å². The third-order valence-corrected chi connectivity index (χ3v) is 3.96. The van der Waals surface area contributed by atoms with Crippen LogP contribution in [0.5, 0.6) is 5.75 Å². The van der Waals surface area contributed by atoms with Gasteiger partial charge < -0.3 is 15.1 Å². The molecule has 104 valence electrons. The molecule has 20 heavy (non-hydrogen) atoms. The van der Waals surface area contributed by atoms with E-state index in [2.05, 4.69) is 0 Å². The summed E-state index contributed by atoms with van der Waals surface area (Å²) in [6.07, 6.45) is 0.816. The van der Waals surface area contributed by atoms with Crippen molar-refractivity contribution in [1.29, 1.82) is 0 Å². The molecule has 0 radical (unpaired) electrons. The first kappa shape index (κ1) is 12.9. The average molecular weight is 271 g/mol. The van der Waals surface area contributed by atoms with Crippen molar-refractivity contribution in [2.75, 3.05) is 19.7 Å². The zero-order valence-corrected chi connectivity index (χ0v) is 11.1. The van der Waals surface area contributed by atoms with Gasteiger partial charge in [-0.2, -0.15) is 0 Å². The van der Waals surface area contributed by atoms with E-state index in [9.17, 15) is 9.90 Å². The second kappa shape index (κ2) is 5.13. The standard InChI is InChI=1S/C16H17NO3/c18-10-11-7-8-17(9-11)16(20)14-6-5-12-3-1-2-4-13(12)15(14)19/h1-6,11,18-19H,7-10H2. The zero-order valence-electron chi connectivity index (χ0n) is 11.1. The number of phenols is 1. The van der Waals surface area contributed by atoms with Crippen molar-refractivity contribution in [2.24, 2.45) is 5.92 Å². The van der Waals surface area contributed by atoms with Crippen molar-refractivity contribution in [2.45, 2.75) is 6.42 Å². The number of aliphatic hydroxyl groups excluding tert-OH is 1. The molecule has 3 rings (SSSR count). The topological polar surface area (TPSA) is 60.8 Å². The SMILES string of the molecule is O=C(c1ccc2ccccc2c1O)N1CCC(CO)C1. The summed E-state index contributed by atoms with van der Waals surface area (Å²) < 4.78 is 0. The van der Waals surface area contributed by atoms with Crippen LogP contribution >= 0.6 is 0 Å². The highest BCUT2D eigenvalue weighted by Crippen LogP contribution is 2.30.